The fourth-order valence-electron chi connectivity index (χ4n) is 0. The van der Waals surface area contributed by atoms with Crippen LogP contribution in [0.25, 0.3) is 0 Å². The zero-order chi connectivity index (χ0) is 8.83. The third kappa shape index (κ3) is 188. The summed E-state index contributed by atoms with van der Waals surface area (Å²) in [4.78, 5) is 0. The molecule has 0 atom stereocenters. The monoisotopic (exact) mass is 140 g/mol. The molecule has 0 saturated heterocycles. The number of hydrogen-bond donors (Lipinski definition) is 0. The number of rotatable bonds is 2. The normalized spacial score (nSPS) is 5.40. The van der Waals surface area contributed by atoms with Crippen molar-refractivity contribution in [1.82, 2.24) is 0 Å². The highest BCUT2D eigenvalue weighted by atomic mass is 13.5. The quantitative estimate of drug-likeness (QED) is 0.509. The molecule has 0 saturated carbocycles. The molecule has 0 spiro atoms. The van der Waals surface area contributed by atoms with Crippen molar-refractivity contribution < 1.29 is 0 Å². The van der Waals surface area contributed by atoms with Crippen molar-refractivity contribution in [1.29, 1.82) is 0 Å². The Hall–Kier alpha value is -0.780. The standard InChI is InChI=1S/2C4H8.C2H4/c2*1-3-4-2;1-2/h2*3H,1,4H2,2H3;1-2H2. The molecular formula is C10H20. The Morgan fingerprint density at radius 1 is 0.900 bits per heavy atom. The highest BCUT2D eigenvalue weighted by Crippen LogP contribution is 1.66. The summed E-state index contributed by atoms with van der Waals surface area (Å²) in [6.07, 6.45) is 5.92. The van der Waals surface area contributed by atoms with Crippen LogP contribution in [0.3, 0.4) is 0 Å². The summed E-state index contributed by atoms with van der Waals surface area (Å²) in [5, 5.41) is 0. The predicted molar refractivity (Wildman–Crippen MR) is 52.2 cm³/mol. The zero-order valence-electron chi connectivity index (χ0n) is 7.40. The van der Waals surface area contributed by atoms with Crippen molar-refractivity contribution in [2.24, 2.45) is 0 Å². The third-order valence-electron chi connectivity index (χ3n) is 0.577. The van der Waals surface area contributed by atoms with Gasteiger partial charge in [0.1, 0.15) is 0 Å². The Balaban J connectivity index is -0.0000000787. The van der Waals surface area contributed by atoms with E-state index >= 15 is 0 Å². The van der Waals surface area contributed by atoms with Gasteiger partial charge in [0.2, 0.25) is 0 Å². The van der Waals surface area contributed by atoms with Crippen molar-refractivity contribution >= 4 is 0 Å². The van der Waals surface area contributed by atoms with Gasteiger partial charge in [-0.1, -0.05) is 26.0 Å². The van der Waals surface area contributed by atoms with Gasteiger partial charge in [0.25, 0.3) is 0 Å². The SMILES string of the molecule is C=C.C=CCC.C=CCC. The Labute approximate surface area is 66.0 Å². The smallest absolute Gasteiger partial charge is 0.0382 e. The molecule has 0 bridgehead atoms. The molecule has 0 aromatic heterocycles. The minimum Gasteiger partial charge on any atom is -0.106 e. The van der Waals surface area contributed by atoms with E-state index in [0.29, 0.717) is 0 Å². The minimum atomic E-state index is 1.08. The molecule has 0 amide bonds. The van der Waals surface area contributed by atoms with Crippen molar-refractivity contribution in [3.05, 3.63) is 38.5 Å². The summed E-state index contributed by atoms with van der Waals surface area (Å²) in [7, 11) is 0. The summed E-state index contributed by atoms with van der Waals surface area (Å²) in [6.45, 7) is 17.1. The van der Waals surface area contributed by atoms with Crippen molar-refractivity contribution in [2.45, 2.75) is 26.7 Å². The van der Waals surface area contributed by atoms with E-state index in [1.807, 2.05) is 12.2 Å². The molecule has 0 radical (unpaired) electrons. The lowest BCUT2D eigenvalue weighted by atomic mass is 10.5. The first-order chi connectivity index (χ1) is 4.83. The molecule has 0 rings (SSSR count). The van der Waals surface area contributed by atoms with Gasteiger partial charge in [-0.25, -0.2) is 0 Å². The van der Waals surface area contributed by atoms with E-state index in [1.165, 1.54) is 0 Å². The average Bonchev–Trinajstić information content (AvgIpc) is 2.08. The molecule has 0 heteroatoms. The fourth-order valence-corrected chi connectivity index (χ4v) is 0. The Morgan fingerprint density at radius 3 is 1.00 bits per heavy atom. The van der Waals surface area contributed by atoms with Crippen LogP contribution in [0.1, 0.15) is 26.7 Å². The Kier molecular flexibility index (Phi) is 66.5. The van der Waals surface area contributed by atoms with Gasteiger partial charge in [-0.2, -0.15) is 0 Å². The summed E-state index contributed by atoms with van der Waals surface area (Å²) in [6, 6.07) is 0. The second kappa shape index (κ2) is 41.3. The van der Waals surface area contributed by atoms with Crippen molar-refractivity contribution in [2.75, 3.05) is 0 Å². The molecule has 0 heterocycles. The number of hydrogen-bond acceptors (Lipinski definition) is 0. The molecule has 0 aromatic carbocycles. The molecule has 10 heavy (non-hydrogen) atoms. The van der Waals surface area contributed by atoms with E-state index < -0.39 is 0 Å². The minimum absolute atomic E-state index is 1.08. The van der Waals surface area contributed by atoms with Gasteiger partial charge in [0.15, 0.2) is 0 Å². The maximum absolute atomic E-state index is 3.48. The maximum Gasteiger partial charge on any atom is -0.0382 e. The van der Waals surface area contributed by atoms with Crippen LogP contribution in [0.15, 0.2) is 38.5 Å². The second-order valence-electron chi connectivity index (χ2n) is 1.39. The first kappa shape index (κ1) is 16.1. The highest BCUT2D eigenvalue weighted by Gasteiger charge is 1.45. The van der Waals surface area contributed by atoms with E-state index in [9.17, 15) is 0 Å². The van der Waals surface area contributed by atoms with Gasteiger partial charge in [0.05, 0.1) is 0 Å². The average molecular weight is 140 g/mol. The molecule has 0 aromatic rings. The Morgan fingerprint density at radius 2 is 1.00 bits per heavy atom. The third-order valence-corrected chi connectivity index (χ3v) is 0.577. The Bertz CT molecular complexity index is 45.1. The van der Waals surface area contributed by atoms with Gasteiger partial charge < -0.3 is 0 Å². The molecule has 0 unspecified atom stereocenters. The topological polar surface area (TPSA) is 0 Å². The zero-order valence-corrected chi connectivity index (χ0v) is 7.40. The summed E-state index contributed by atoms with van der Waals surface area (Å²) >= 11 is 0. The highest BCUT2D eigenvalue weighted by molar-refractivity contribution is 4.60. The van der Waals surface area contributed by atoms with E-state index in [1.54, 1.807) is 0 Å². The first-order valence-corrected chi connectivity index (χ1v) is 3.55. The molecule has 60 valence electrons. The lowest BCUT2D eigenvalue weighted by molar-refractivity contribution is 1.23. The molecule has 0 fully saturated rings. The van der Waals surface area contributed by atoms with Crippen LogP contribution in [0.4, 0.5) is 0 Å². The van der Waals surface area contributed by atoms with E-state index in [2.05, 4.69) is 40.2 Å². The van der Waals surface area contributed by atoms with Crippen LogP contribution in [-0.2, 0) is 0 Å². The van der Waals surface area contributed by atoms with Crippen molar-refractivity contribution in [3.8, 4) is 0 Å². The largest absolute Gasteiger partial charge is 0.106 e. The molecule has 0 aliphatic heterocycles. The second-order valence-corrected chi connectivity index (χ2v) is 1.39. The van der Waals surface area contributed by atoms with Crippen molar-refractivity contribution in [3.63, 3.8) is 0 Å². The fraction of sp³-hybridized carbons (Fsp3) is 0.400. The van der Waals surface area contributed by atoms with Crippen LogP contribution < -0.4 is 0 Å². The van der Waals surface area contributed by atoms with Gasteiger partial charge in [-0.05, 0) is 12.8 Å². The van der Waals surface area contributed by atoms with E-state index in [-0.39, 0.29) is 0 Å². The van der Waals surface area contributed by atoms with Crippen LogP contribution >= 0.6 is 0 Å². The van der Waals surface area contributed by atoms with E-state index in [4.69, 9.17) is 0 Å². The molecule has 0 N–H and O–H groups in total. The summed E-state index contributed by atoms with van der Waals surface area (Å²) in [5.41, 5.74) is 0. The first-order valence-electron chi connectivity index (χ1n) is 3.55. The molecular weight excluding hydrogens is 120 g/mol. The molecule has 0 aliphatic rings. The van der Waals surface area contributed by atoms with Crippen LogP contribution in [0.2, 0.25) is 0 Å². The predicted octanol–water partition coefficient (Wildman–Crippen LogP) is 3.97. The lowest BCUT2D eigenvalue weighted by Crippen LogP contribution is -1.36. The van der Waals surface area contributed by atoms with Gasteiger partial charge in [-0.15, -0.1) is 26.3 Å². The van der Waals surface area contributed by atoms with Crippen LogP contribution in [0, 0.1) is 0 Å². The van der Waals surface area contributed by atoms with E-state index in [0.717, 1.165) is 12.8 Å². The molecule has 0 nitrogen and oxygen atoms in total. The van der Waals surface area contributed by atoms with Gasteiger partial charge >= 0.3 is 0 Å². The molecule has 0 aliphatic carbocycles. The summed E-state index contributed by atoms with van der Waals surface area (Å²) in [5.74, 6) is 0. The van der Waals surface area contributed by atoms with Gasteiger partial charge in [0, 0.05) is 0 Å². The maximum atomic E-state index is 3.48. The van der Waals surface area contributed by atoms with Crippen LogP contribution in [-0.4, -0.2) is 0 Å². The summed E-state index contributed by atoms with van der Waals surface area (Å²) < 4.78 is 0. The number of allylic oxidation sites excluding steroid dienone is 2. The van der Waals surface area contributed by atoms with Crippen LogP contribution in [0.5, 0.6) is 0 Å². The lowest BCUT2D eigenvalue weighted by Gasteiger charge is -1.57. The van der Waals surface area contributed by atoms with Gasteiger partial charge in [-0.3, -0.25) is 0 Å².